The number of hydrogen-bond acceptors (Lipinski definition) is 5. The molecule has 120 valence electrons. The van der Waals surface area contributed by atoms with Crippen LogP contribution in [0, 0.1) is 5.82 Å². The lowest BCUT2D eigenvalue weighted by Gasteiger charge is -2.22. The molecule has 6 nitrogen and oxygen atoms in total. The molecule has 0 aromatic heterocycles. The van der Waals surface area contributed by atoms with Gasteiger partial charge >= 0.3 is 0 Å². The van der Waals surface area contributed by atoms with E-state index in [0.29, 0.717) is 12.0 Å². The lowest BCUT2D eigenvalue weighted by atomic mass is 10.2. The van der Waals surface area contributed by atoms with Gasteiger partial charge in [-0.15, -0.1) is 0 Å². The van der Waals surface area contributed by atoms with E-state index in [1.165, 1.54) is 29.3 Å². The molecule has 1 amide bonds. The average molecular weight is 328 g/mol. The topological polar surface area (TPSA) is 76.0 Å². The number of benzene rings is 1. The molecule has 1 heterocycles. The van der Waals surface area contributed by atoms with E-state index in [0.717, 1.165) is 0 Å². The van der Waals surface area contributed by atoms with Crippen LogP contribution in [-0.2, 0) is 19.5 Å². The minimum Gasteiger partial charge on any atom is -0.386 e. The van der Waals surface area contributed by atoms with Gasteiger partial charge in [-0.25, -0.2) is 12.8 Å². The highest BCUT2D eigenvalue weighted by atomic mass is 32.2. The zero-order chi connectivity index (χ0) is 16.2. The van der Waals surface area contributed by atoms with Crippen molar-refractivity contribution in [3.63, 3.8) is 0 Å². The second kappa shape index (κ2) is 6.87. The summed E-state index contributed by atoms with van der Waals surface area (Å²) in [6.07, 6.45) is 1.74. The highest BCUT2D eigenvalue weighted by molar-refractivity contribution is 7.91. The first kappa shape index (κ1) is 16.4. The molecule has 1 atom stereocenters. The molecule has 1 aliphatic heterocycles. The predicted octanol–water partition coefficient (Wildman–Crippen LogP) is 0.822. The third-order valence-electron chi connectivity index (χ3n) is 3.46. The Morgan fingerprint density at radius 1 is 1.55 bits per heavy atom. The number of carbonyl (C=O) groups is 1. The summed E-state index contributed by atoms with van der Waals surface area (Å²) < 4.78 is 35.7. The van der Waals surface area contributed by atoms with Crippen molar-refractivity contribution >= 4 is 22.0 Å². The summed E-state index contributed by atoms with van der Waals surface area (Å²) in [6.45, 7) is -0.293. The molecule has 0 unspecified atom stereocenters. The van der Waals surface area contributed by atoms with E-state index in [4.69, 9.17) is 4.84 Å². The van der Waals surface area contributed by atoms with Gasteiger partial charge in [-0.3, -0.25) is 4.79 Å². The lowest BCUT2D eigenvalue weighted by Crippen LogP contribution is -2.39. The molecule has 0 spiro atoms. The number of oxime groups is 1. The van der Waals surface area contributed by atoms with Crippen LogP contribution in [0.15, 0.2) is 29.4 Å². The van der Waals surface area contributed by atoms with Crippen LogP contribution in [-0.4, -0.2) is 56.6 Å². The molecule has 8 heteroatoms. The number of hydrogen-bond donors (Lipinski definition) is 0. The van der Waals surface area contributed by atoms with Crippen molar-refractivity contribution < 1.29 is 22.4 Å². The third-order valence-corrected chi connectivity index (χ3v) is 5.21. The monoisotopic (exact) mass is 328 g/mol. The maximum absolute atomic E-state index is 12.9. The number of likely N-dealkylation sites (N-methyl/N-ethyl adjacent to an activating group) is 1. The number of rotatable bonds is 5. The highest BCUT2D eigenvalue weighted by Gasteiger charge is 2.32. The van der Waals surface area contributed by atoms with Crippen molar-refractivity contribution in [3.8, 4) is 0 Å². The minimum atomic E-state index is -3.04. The molecule has 0 N–H and O–H groups in total. The summed E-state index contributed by atoms with van der Waals surface area (Å²) in [5, 5.41) is 3.60. The quantitative estimate of drug-likeness (QED) is 0.592. The molecule has 0 aliphatic carbocycles. The van der Waals surface area contributed by atoms with Gasteiger partial charge < -0.3 is 9.74 Å². The third kappa shape index (κ3) is 4.52. The molecule has 1 aromatic rings. The summed E-state index contributed by atoms with van der Waals surface area (Å²) in [5.74, 6) is -0.643. The standard InChI is InChI=1S/C14H17FN2O4S/c1-17(13-5-6-22(19,20)10-13)14(18)9-21-16-8-11-3-2-4-12(15)7-11/h2-4,7-8,13H,5-6,9-10H2,1H3/b16-8-/t13-/m1/s1. The molecular formula is C14H17FN2O4S. The van der Waals surface area contributed by atoms with Crippen LogP contribution < -0.4 is 0 Å². The van der Waals surface area contributed by atoms with Crippen molar-refractivity contribution in [2.24, 2.45) is 5.16 Å². The van der Waals surface area contributed by atoms with E-state index in [2.05, 4.69) is 5.16 Å². The molecular weight excluding hydrogens is 311 g/mol. The molecule has 0 bridgehead atoms. The van der Waals surface area contributed by atoms with Crippen LogP contribution in [0.1, 0.15) is 12.0 Å². The zero-order valence-corrected chi connectivity index (χ0v) is 12.9. The lowest BCUT2D eigenvalue weighted by molar-refractivity contribution is -0.136. The van der Waals surface area contributed by atoms with Crippen LogP contribution in [0.25, 0.3) is 0 Å². The summed E-state index contributed by atoms with van der Waals surface area (Å²) in [7, 11) is -1.49. The van der Waals surface area contributed by atoms with Gasteiger partial charge in [0.05, 0.1) is 17.7 Å². The van der Waals surface area contributed by atoms with Gasteiger partial charge in [-0.1, -0.05) is 17.3 Å². The van der Waals surface area contributed by atoms with E-state index in [1.807, 2.05) is 0 Å². The van der Waals surface area contributed by atoms with Gasteiger partial charge in [0.25, 0.3) is 5.91 Å². The smallest absolute Gasteiger partial charge is 0.263 e. The van der Waals surface area contributed by atoms with E-state index >= 15 is 0 Å². The maximum atomic E-state index is 12.9. The van der Waals surface area contributed by atoms with Crippen LogP contribution >= 0.6 is 0 Å². The van der Waals surface area contributed by atoms with Gasteiger partial charge in [0.15, 0.2) is 16.4 Å². The fourth-order valence-electron chi connectivity index (χ4n) is 2.16. The number of amides is 1. The molecule has 1 aromatic carbocycles. The zero-order valence-electron chi connectivity index (χ0n) is 12.1. The Hall–Kier alpha value is -1.96. The second-order valence-electron chi connectivity index (χ2n) is 5.12. The molecule has 22 heavy (non-hydrogen) atoms. The largest absolute Gasteiger partial charge is 0.386 e. The maximum Gasteiger partial charge on any atom is 0.263 e. The van der Waals surface area contributed by atoms with Crippen LogP contribution in [0.3, 0.4) is 0 Å². The van der Waals surface area contributed by atoms with E-state index in [9.17, 15) is 17.6 Å². The Kier molecular flexibility index (Phi) is 5.12. The Morgan fingerprint density at radius 3 is 2.95 bits per heavy atom. The predicted molar refractivity (Wildman–Crippen MR) is 79.8 cm³/mol. The average Bonchev–Trinajstić information content (AvgIpc) is 2.83. The molecule has 1 fully saturated rings. The molecule has 1 saturated heterocycles. The van der Waals surface area contributed by atoms with Crippen molar-refractivity contribution in [2.75, 3.05) is 25.2 Å². The van der Waals surface area contributed by atoms with Gasteiger partial charge in [0, 0.05) is 13.1 Å². The van der Waals surface area contributed by atoms with Gasteiger partial charge in [0.2, 0.25) is 0 Å². The molecule has 2 rings (SSSR count). The first-order valence-electron chi connectivity index (χ1n) is 6.74. The second-order valence-corrected chi connectivity index (χ2v) is 7.35. The first-order valence-corrected chi connectivity index (χ1v) is 8.56. The summed E-state index contributed by atoms with van der Waals surface area (Å²) >= 11 is 0. The number of halogens is 1. The highest BCUT2D eigenvalue weighted by Crippen LogP contribution is 2.16. The van der Waals surface area contributed by atoms with Crippen molar-refractivity contribution in [1.82, 2.24) is 4.90 Å². The van der Waals surface area contributed by atoms with Gasteiger partial charge in [-0.2, -0.15) is 0 Å². The van der Waals surface area contributed by atoms with Crippen molar-refractivity contribution in [2.45, 2.75) is 12.5 Å². The van der Waals surface area contributed by atoms with E-state index < -0.39 is 9.84 Å². The normalized spacial score (nSPS) is 20.2. The van der Waals surface area contributed by atoms with Crippen LogP contribution in [0.5, 0.6) is 0 Å². The fourth-order valence-corrected chi connectivity index (χ4v) is 3.94. The Balaban J connectivity index is 1.80. The summed E-state index contributed by atoms with van der Waals surface area (Å²) in [5.41, 5.74) is 0.516. The molecule has 1 aliphatic rings. The summed E-state index contributed by atoms with van der Waals surface area (Å²) in [6, 6.07) is 5.47. The Morgan fingerprint density at radius 2 is 2.32 bits per heavy atom. The van der Waals surface area contributed by atoms with Gasteiger partial charge in [-0.05, 0) is 24.1 Å². The number of sulfone groups is 1. The van der Waals surface area contributed by atoms with Crippen molar-refractivity contribution in [1.29, 1.82) is 0 Å². The SMILES string of the molecule is CN(C(=O)CO/N=C\c1cccc(F)c1)[C@@H]1CCS(=O)(=O)C1. The van der Waals surface area contributed by atoms with Crippen LogP contribution in [0.2, 0.25) is 0 Å². The number of nitrogens with zero attached hydrogens (tertiary/aromatic N) is 2. The van der Waals surface area contributed by atoms with E-state index in [1.54, 1.807) is 13.1 Å². The van der Waals surface area contributed by atoms with Crippen molar-refractivity contribution in [3.05, 3.63) is 35.6 Å². The van der Waals surface area contributed by atoms with Crippen LogP contribution in [0.4, 0.5) is 4.39 Å². The minimum absolute atomic E-state index is 0.0121. The Bertz CT molecular complexity index is 675. The van der Waals surface area contributed by atoms with Gasteiger partial charge in [0.1, 0.15) is 5.82 Å². The fraction of sp³-hybridized carbons (Fsp3) is 0.429. The van der Waals surface area contributed by atoms with E-state index in [-0.39, 0.29) is 35.9 Å². The summed E-state index contributed by atoms with van der Waals surface area (Å²) in [4.78, 5) is 18.1. The molecule has 0 radical (unpaired) electrons. The number of carbonyl (C=O) groups excluding carboxylic acids is 1. The molecule has 0 saturated carbocycles. The Labute approximate surface area is 128 Å². The first-order chi connectivity index (χ1) is 10.4.